The quantitative estimate of drug-likeness (QED) is 0.679. The average molecular weight is 384 g/mol. The van der Waals surface area contributed by atoms with E-state index in [9.17, 15) is 13.2 Å². The van der Waals surface area contributed by atoms with Gasteiger partial charge in [0.25, 0.3) is 15.9 Å². The van der Waals surface area contributed by atoms with Crippen LogP contribution in [-0.2, 0) is 16.6 Å². The largest absolute Gasteiger partial charge is 0.467 e. The molecule has 0 fully saturated rings. The standard InChI is InChI=1S/C20H20N2O4S/c1-14-8-10-17(11-9-14)27(24,25)22-19-7-3-6-18(15(19)2)20(23)21-13-16-5-4-12-26-16/h3-12,22H,13H2,1-2H3,(H,21,23). The summed E-state index contributed by atoms with van der Waals surface area (Å²) < 4.78 is 33.0. The van der Waals surface area contributed by atoms with Gasteiger partial charge in [-0.05, 0) is 55.8 Å². The van der Waals surface area contributed by atoms with Crippen molar-refractivity contribution in [2.24, 2.45) is 0 Å². The molecular formula is C20H20N2O4S. The molecule has 6 nitrogen and oxygen atoms in total. The number of carbonyl (C=O) groups is 1. The van der Waals surface area contributed by atoms with Gasteiger partial charge in [-0.3, -0.25) is 9.52 Å². The third kappa shape index (κ3) is 4.38. The molecule has 0 unspecified atom stereocenters. The summed E-state index contributed by atoms with van der Waals surface area (Å²) in [7, 11) is -3.74. The van der Waals surface area contributed by atoms with Crippen LogP contribution in [0.3, 0.4) is 0 Å². The Balaban J connectivity index is 1.80. The van der Waals surface area contributed by atoms with Crippen LogP contribution >= 0.6 is 0 Å². The molecule has 2 N–H and O–H groups in total. The van der Waals surface area contributed by atoms with Crippen LogP contribution in [0.25, 0.3) is 0 Å². The number of carbonyl (C=O) groups excluding carboxylic acids is 1. The van der Waals surface area contributed by atoms with E-state index in [1.54, 1.807) is 61.5 Å². The Kier molecular flexibility index (Phi) is 5.32. The zero-order valence-electron chi connectivity index (χ0n) is 15.0. The highest BCUT2D eigenvalue weighted by Crippen LogP contribution is 2.23. The molecule has 0 radical (unpaired) electrons. The lowest BCUT2D eigenvalue weighted by molar-refractivity contribution is 0.0947. The first-order valence-electron chi connectivity index (χ1n) is 8.36. The van der Waals surface area contributed by atoms with Crippen LogP contribution < -0.4 is 10.0 Å². The van der Waals surface area contributed by atoms with Crippen molar-refractivity contribution in [1.82, 2.24) is 5.32 Å². The Morgan fingerprint density at radius 2 is 1.74 bits per heavy atom. The molecule has 0 bridgehead atoms. The summed E-state index contributed by atoms with van der Waals surface area (Å²) in [4.78, 5) is 12.6. The van der Waals surface area contributed by atoms with Gasteiger partial charge in [0.15, 0.2) is 0 Å². The summed E-state index contributed by atoms with van der Waals surface area (Å²) in [6.07, 6.45) is 1.53. The second kappa shape index (κ2) is 7.67. The van der Waals surface area contributed by atoms with Crippen LogP contribution in [0.4, 0.5) is 5.69 Å². The number of nitrogens with one attached hydrogen (secondary N) is 2. The zero-order valence-corrected chi connectivity index (χ0v) is 15.8. The van der Waals surface area contributed by atoms with Crippen LogP contribution in [0, 0.1) is 13.8 Å². The number of hydrogen-bond acceptors (Lipinski definition) is 4. The van der Waals surface area contributed by atoms with Crippen LogP contribution in [0.15, 0.2) is 70.2 Å². The first-order chi connectivity index (χ1) is 12.9. The fourth-order valence-electron chi connectivity index (χ4n) is 2.59. The Morgan fingerprint density at radius 3 is 2.41 bits per heavy atom. The van der Waals surface area contributed by atoms with Crippen molar-refractivity contribution in [2.45, 2.75) is 25.3 Å². The summed E-state index contributed by atoms with van der Waals surface area (Å²) in [6.45, 7) is 3.85. The number of anilines is 1. The monoisotopic (exact) mass is 384 g/mol. The van der Waals surface area contributed by atoms with E-state index in [1.165, 1.54) is 6.26 Å². The molecule has 2 aromatic carbocycles. The third-order valence-corrected chi connectivity index (χ3v) is 5.54. The molecule has 1 aromatic heterocycles. The first kappa shape index (κ1) is 18.7. The van der Waals surface area contributed by atoms with Gasteiger partial charge >= 0.3 is 0 Å². The summed E-state index contributed by atoms with van der Waals surface area (Å²) in [5, 5.41) is 2.76. The van der Waals surface area contributed by atoms with E-state index in [4.69, 9.17) is 4.42 Å². The molecule has 0 atom stereocenters. The van der Waals surface area contributed by atoms with Gasteiger partial charge in [0, 0.05) is 5.56 Å². The number of amides is 1. The number of hydrogen-bond donors (Lipinski definition) is 2. The number of furan rings is 1. The predicted molar refractivity (Wildman–Crippen MR) is 103 cm³/mol. The highest BCUT2D eigenvalue weighted by atomic mass is 32.2. The molecule has 140 valence electrons. The molecule has 3 rings (SSSR count). The lowest BCUT2D eigenvalue weighted by atomic mass is 10.1. The number of sulfonamides is 1. The van der Waals surface area contributed by atoms with E-state index in [0.717, 1.165) is 5.56 Å². The van der Waals surface area contributed by atoms with Gasteiger partial charge in [0.05, 0.1) is 23.4 Å². The summed E-state index contributed by atoms with van der Waals surface area (Å²) in [6, 6.07) is 15.0. The van der Waals surface area contributed by atoms with Gasteiger partial charge < -0.3 is 9.73 Å². The fraction of sp³-hybridized carbons (Fsp3) is 0.150. The molecule has 1 heterocycles. The normalized spacial score (nSPS) is 11.2. The Bertz CT molecular complexity index is 1040. The van der Waals surface area contributed by atoms with Crippen LogP contribution in [-0.4, -0.2) is 14.3 Å². The maximum Gasteiger partial charge on any atom is 0.261 e. The number of rotatable bonds is 6. The van der Waals surface area contributed by atoms with Crippen molar-refractivity contribution in [2.75, 3.05) is 4.72 Å². The molecule has 7 heteroatoms. The van der Waals surface area contributed by atoms with Gasteiger partial charge in [-0.1, -0.05) is 23.8 Å². The van der Waals surface area contributed by atoms with E-state index >= 15 is 0 Å². The number of benzene rings is 2. The zero-order chi connectivity index (χ0) is 19.4. The van der Waals surface area contributed by atoms with E-state index in [-0.39, 0.29) is 17.3 Å². The molecule has 0 spiro atoms. The topological polar surface area (TPSA) is 88.4 Å². The van der Waals surface area contributed by atoms with Crippen LogP contribution in [0.2, 0.25) is 0 Å². The van der Waals surface area contributed by atoms with Crippen molar-refractivity contribution in [3.63, 3.8) is 0 Å². The second-order valence-electron chi connectivity index (χ2n) is 6.16. The van der Waals surface area contributed by atoms with Gasteiger partial charge in [0.1, 0.15) is 5.76 Å². The van der Waals surface area contributed by atoms with Crippen molar-refractivity contribution in [3.8, 4) is 0 Å². The molecule has 0 aliphatic rings. The van der Waals surface area contributed by atoms with Gasteiger partial charge in [-0.2, -0.15) is 0 Å². The molecule has 0 aliphatic heterocycles. The highest BCUT2D eigenvalue weighted by Gasteiger charge is 2.18. The molecule has 0 saturated heterocycles. The minimum Gasteiger partial charge on any atom is -0.467 e. The Labute approximate surface area is 158 Å². The van der Waals surface area contributed by atoms with Gasteiger partial charge in [-0.15, -0.1) is 0 Å². The summed E-state index contributed by atoms with van der Waals surface area (Å²) in [5.41, 5.74) is 2.28. The molecule has 3 aromatic rings. The van der Waals surface area contributed by atoms with Crippen molar-refractivity contribution in [3.05, 3.63) is 83.3 Å². The van der Waals surface area contributed by atoms with E-state index in [0.29, 0.717) is 22.6 Å². The first-order valence-corrected chi connectivity index (χ1v) is 9.85. The lowest BCUT2D eigenvalue weighted by Crippen LogP contribution is -2.24. The smallest absolute Gasteiger partial charge is 0.261 e. The Hall–Kier alpha value is -3.06. The third-order valence-electron chi connectivity index (χ3n) is 4.16. The fourth-order valence-corrected chi connectivity index (χ4v) is 3.71. The second-order valence-corrected chi connectivity index (χ2v) is 7.84. The van der Waals surface area contributed by atoms with Crippen LogP contribution in [0.1, 0.15) is 27.2 Å². The van der Waals surface area contributed by atoms with E-state index < -0.39 is 10.0 Å². The highest BCUT2D eigenvalue weighted by molar-refractivity contribution is 7.92. The van der Waals surface area contributed by atoms with Crippen molar-refractivity contribution in [1.29, 1.82) is 0 Å². The molecule has 0 aliphatic carbocycles. The molecule has 1 amide bonds. The molecular weight excluding hydrogens is 364 g/mol. The minimum absolute atomic E-state index is 0.167. The minimum atomic E-state index is -3.74. The van der Waals surface area contributed by atoms with E-state index in [2.05, 4.69) is 10.0 Å². The average Bonchev–Trinajstić information content (AvgIpc) is 3.15. The molecule has 27 heavy (non-hydrogen) atoms. The van der Waals surface area contributed by atoms with Gasteiger partial charge in [-0.25, -0.2) is 8.42 Å². The Morgan fingerprint density at radius 1 is 1.00 bits per heavy atom. The molecule has 0 saturated carbocycles. The number of aryl methyl sites for hydroxylation is 1. The SMILES string of the molecule is Cc1ccc(S(=O)(=O)Nc2cccc(C(=O)NCc3ccco3)c2C)cc1. The summed E-state index contributed by atoms with van der Waals surface area (Å²) >= 11 is 0. The van der Waals surface area contributed by atoms with E-state index in [1.807, 2.05) is 6.92 Å². The maximum absolute atomic E-state index is 12.6. The van der Waals surface area contributed by atoms with Gasteiger partial charge in [0.2, 0.25) is 0 Å². The summed E-state index contributed by atoms with van der Waals surface area (Å²) in [5.74, 6) is 0.331. The predicted octanol–water partition coefficient (Wildman–Crippen LogP) is 3.63. The van der Waals surface area contributed by atoms with Crippen LogP contribution in [0.5, 0.6) is 0 Å². The van der Waals surface area contributed by atoms with Crippen molar-refractivity contribution < 1.29 is 17.6 Å². The lowest BCUT2D eigenvalue weighted by Gasteiger charge is -2.14. The maximum atomic E-state index is 12.6. The van der Waals surface area contributed by atoms with Crippen molar-refractivity contribution >= 4 is 21.6 Å².